The van der Waals surface area contributed by atoms with Crippen molar-refractivity contribution < 1.29 is 28.6 Å². The minimum atomic E-state index is -0.807. The molecule has 0 unspecified atom stereocenters. The Kier molecular flexibility index (Phi) is 10.5. The number of nitrogens with zero attached hydrogens (tertiary/aromatic N) is 4. The van der Waals surface area contributed by atoms with E-state index in [0.717, 1.165) is 81.4 Å². The van der Waals surface area contributed by atoms with Crippen molar-refractivity contribution in [2.45, 2.75) is 71.8 Å². The highest BCUT2D eigenvalue weighted by atomic mass is 16.7. The molecule has 5 aromatic rings. The van der Waals surface area contributed by atoms with Crippen LogP contribution in [0.15, 0.2) is 48.5 Å². The van der Waals surface area contributed by atoms with Crippen LogP contribution in [0.2, 0.25) is 0 Å². The van der Waals surface area contributed by atoms with Crippen LogP contribution in [0.5, 0.6) is 0 Å². The Bertz CT molecular complexity index is 2150. The number of amides is 3. The van der Waals surface area contributed by atoms with Crippen molar-refractivity contribution in [1.82, 2.24) is 35.1 Å². The molecular formula is C40H47N7O6. The summed E-state index contributed by atoms with van der Waals surface area (Å²) in [5.74, 6) is 0.493. The summed E-state index contributed by atoms with van der Waals surface area (Å²) in [5.41, 5.74) is 8.38. The first kappa shape index (κ1) is 36.1. The lowest BCUT2D eigenvalue weighted by molar-refractivity contribution is -0.167. The normalized spacial score (nSPS) is 14.6. The van der Waals surface area contributed by atoms with Gasteiger partial charge in [0, 0.05) is 29.6 Å². The van der Waals surface area contributed by atoms with E-state index in [4.69, 9.17) is 19.4 Å². The molecule has 3 aromatic carbocycles. The number of aromatic amines is 2. The number of carbonyl (C=O) groups is 3. The lowest BCUT2D eigenvalue weighted by Gasteiger charge is -2.30. The molecule has 1 aliphatic heterocycles. The molecule has 13 heteroatoms. The van der Waals surface area contributed by atoms with E-state index in [2.05, 4.69) is 62.5 Å². The molecule has 0 spiro atoms. The number of alkyl carbamates (subject to hydrolysis) is 1. The molecule has 13 nitrogen and oxygen atoms in total. The summed E-state index contributed by atoms with van der Waals surface area (Å²) in [6, 6.07) is 17.1. The van der Waals surface area contributed by atoms with Gasteiger partial charge in [0.2, 0.25) is 11.8 Å². The average molecular weight is 722 g/mol. The molecule has 0 radical (unpaired) electrons. The average Bonchev–Trinajstić information content (AvgIpc) is 3.91. The van der Waals surface area contributed by atoms with Crippen LogP contribution in [0, 0.1) is 0 Å². The van der Waals surface area contributed by atoms with Gasteiger partial charge in [0.25, 0.3) is 0 Å². The number of methoxy groups -OCH3 is 1. The van der Waals surface area contributed by atoms with Crippen molar-refractivity contribution in [3.05, 3.63) is 71.4 Å². The lowest BCUT2D eigenvalue weighted by atomic mass is 9.89. The van der Waals surface area contributed by atoms with Crippen molar-refractivity contribution in [1.29, 1.82) is 0 Å². The number of hydrogen-bond donors (Lipinski definition) is 3. The van der Waals surface area contributed by atoms with Gasteiger partial charge in [0.1, 0.15) is 18.2 Å². The van der Waals surface area contributed by atoms with Crippen LogP contribution < -0.4 is 5.32 Å². The van der Waals surface area contributed by atoms with Gasteiger partial charge in [-0.05, 0) is 66.8 Å². The molecule has 2 aromatic heterocycles. The Morgan fingerprint density at radius 3 is 2.42 bits per heavy atom. The standard InChI is InChI=1S/C40H47N7O6/c1-5-7-35(48)47(24-40(3)52-17-18-53-40)23-34-43-32-15-11-28-20-26(9-13-30(28)38(32)45-34)25-8-12-29-27(19-25)10-14-31-37(29)44-33(42-31)22-46(16-6-2)36(49)21-41-39(50)51-4/h8-10,12-14,19-20H,5-7,11,15-18,21-24H2,1-4H3,(H,41,50)(H,42,44)(H,43,45). The predicted octanol–water partition coefficient (Wildman–Crippen LogP) is 5.86. The molecule has 3 heterocycles. The summed E-state index contributed by atoms with van der Waals surface area (Å²) in [4.78, 5) is 57.7. The second kappa shape index (κ2) is 15.4. The van der Waals surface area contributed by atoms with Gasteiger partial charge in [-0.25, -0.2) is 14.8 Å². The molecule has 278 valence electrons. The van der Waals surface area contributed by atoms with E-state index in [1.54, 1.807) is 9.80 Å². The van der Waals surface area contributed by atoms with Crippen LogP contribution in [0.1, 0.15) is 62.9 Å². The van der Waals surface area contributed by atoms with Gasteiger partial charge in [-0.15, -0.1) is 0 Å². The molecule has 1 fully saturated rings. The highest BCUT2D eigenvalue weighted by Crippen LogP contribution is 2.36. The van der Waals surface area contributed by atoms with Crippen molar-refractivity contribution in [3.8, 4) is 22.4 Å². The quantitative estimate of drug-likeness (QED) is 0.137. The molecule has 7 rings (SSSR count). The Balaban J connectivity index is 1.09. The zero-order valence-corrected chi connectivity index (χ0v) is 30.8. The van der Waals surface area contributed by atoms with Gasteiger partial charge >= 0.3 is 6.09 Å². The highest BCUT2D eigenvalue weighted by molar-refractivity contribution is 6.05. The van der Waals surface area contributed by atoms with E-state index in [-0.39, 0.29) is 18.4 Å². The molecule has 0 bridgehead atoms. The third kappa shape index (κ3) is 7.77. The zero-order valence-electron chi connectivity index (χ0n) is 30.8. The van der Waals surface area contributed by atoms with Crippen LogP contribution >= 0.6 is 0 Å². The maximum absolute atomic E-state index is 13.1. The Hall–Kier alpha value is -5.27. The van der Waals surface area contributed by atoms with Crippen LogP contribution in [0.4, 0.5) is 4.79 Å². The van der Waals surface area contributed by atoms with Crippen molar-refractivity contribution in [2.24, 2.45) is 0 Å². The minimum absolute atomic E-state index is 0.0630. The van der Waals surface area contributed by atoms with Crippen molar-refractivity contribution in [2.75, 3.05) is 40.0 Å². The van der Waals surface area contributed by atoms with Gasteiger partial charge in [-0.3, -0.25) is 9.59 Å². The first-order valence-electron chi connectivity index (χ1n) is 18.4. The molecule has 53 heavy (non-hydrogen) atoms. The molecule has 0 saturated carbocycles. The monoisotopic (exact) mass is 721 g/mol. The van der Waals surface area contributed by atoms with Crippen LogP contribution in [-0.4, -0.2) is 93.4 Å². The van der Waals surface area contributed by atoms with E-state index in [1.807, 2.05) is 26.8 Å². The summed E-state index contributed by atoms with van der Waals surface area (Å²) in [6.45, 7) is 8.37. The fraction of sp³-hybridized carbons (Fsp3) is 0.425. The molecular weight excluding hydrogens is 674 g/mol. The van der Waals surface area contributed by atoms with E-state index in [0.29, 0.717) is 51.6 Å². The van der Waals surface area contributed by atoms with Crippen LogP contribution in [-0.2, 0) is 49.7 Å². The molecule has 0 atom stereocenters. The number of aryl methyl sites for hydroxylation is 2. The van der Waals surface area contributed by atoms with Gasteiger partial charge in [0.05, 0.1) is 56.7 Å². The molecule has 2 aliphatic rings. The number of rotatable bonds is 13. The van der Waals surface area contributed by atoms with E-state index >= 15 is 0 Å². The summed E-state index contributed by atoms with van der Waals surface area (Å²) in [5, 5.41) is 4.55. The summed E-state index contributed by atoms with van der Waals surface area (Å²) in [6.07, 6.45) is 3.09. The fourth-order valence-electron chi connectivity index (χ4n) is 7.37. The number of carbonyl (C=O) groups excluding carboxylic acids is 3. The van der Waals surface area contributed by atoms with Gasteiger partial charge < -0.3 is 39.3 Å². The summed E-state index contributed by atoms with van der Waals surface area (Å²) in [7, 11) is 1.27. The number of benzene rings is 3. The summed E-state index contributed by atoms with van der Waals surface area (Å²) >= 11 is 0. The van der Waals surface area contributed by atoms with Crippen LogP contribution in [0.3, 0.4) is 0 Å². The topological polar surface area (TPSA) is 155 Å². The predicted molar refractivity (Wildman–Crippen MR) is 201 cm³/mol. The van der Waals surface area contributed by atoms with Gasteiger partial charge in [0.15, 0.2) is 5.79 Å². The number of fused-ring (bicyclic) bond motifs is 6. The SMILES string of the molecule is CCCC(=O)N(Cc1nc2c([nH]1)CCc1cc(-c3ccc4c(ccc5[nH]c(CN(CCC)C(=O)CNC(=O)OC)nc54)c3)ccc1-2)CC1(C)OCCO1. The second-order valence-electron chi connectivity index (χ2n) is 14.0. The van der Waals surface area contributed by atoms with Crippen molar-refractivity contribution in [3.63, 3.8) is 0 Å². The fourth-order valence-corrected chi connectivity index (χ4v) is 7.37. The Morgan fingerprint density at radius 2 is 1.64 bits per heavy atom. The maximum atomic E-state index is 13.1. The lowest BCUT2D eigenvalue weighted by Crippen LogP contribution is -2.44. The maximum Gasteiger partial charge on any atom is 0.407 e. The largest absolute Gasteiger partial charge is 0.453 e. The number of hydrogen-bond acceptors (Lipinski definition) is 8. The van der Waals surface area contributed by atoms with E-state index < -0.39 is 11.9 Å². The van der Waals surface area contributed by atoms with Crippen molar-refractivity contribution >= 4 is 39.7 Å². The smallest absolute Gasteiger partial charge is 0.407 e. The highest BCUT2D eigenvalue weighted by Gasteiger charge is 2.35. The number of H-pyrrole nitrogens is 2. The number of imidazole rings is 2. The third-order valence-corrected chi connectivity index (χ3v) is 9.97. The molecule has 1 saturated heterocycles. The number of nitrogens with one attached hydrogen (secondary N) is 3. The minimum Gasteiger partial charge on any atom is -0.453 e. The first-order chi connectivity index (χ1) is 25.7. The summed E-state index contributed by atoms with van der Waals surface area (Å²) < 4.78 is 16.2. The Labute approximate surface area is 308 Å². The van der Waals surface area contributed by atoms with Gasteiger partial charge in [-0.2, -0.15) is 0 Å². The van der Waals surface area contributed by atoms with Gasteiger partial charge in [-0.1, -0.05) is 50.2 Å². The molecule has 1 aliphatic carbocycles. The first-order valence-corrected chi connectivity index (χ1v) is 18.4. The molecule has 3 N–H and O–H groups in total. The third-order valence-electron chi connectivity index (χ3n) is 9.97. The Morgan fingerprint density at radius 1 is 0.887 bits per heavy atom. The van der Waals surface area contributed by atoms with E-state index in [9.17, 15) is 14.4 Å². The van der Waals surface area contributed by atoms with Crippen LogP contribution in [0.25, 0.3) is 44.2 Å². The number of ether oxygens (including phenoxy) is 3. The number of aromatic nitrogens is 4. The zero-order chi connectivity index (χ0) is 37.1. The van der Waals surface area contributed by atoms with E-state index in [1.165, 1.54) is 12.7 Å². The molecule has 3 amide bonds. The second-order valence-corrected chi connectivity index (χ2v) is 14.0.